The first-order valence-electron chi connectivity index (χ1n) is 6.29. The van der Waals surface area contributed by atoms with E-state index in [0.29, 0.717) is 18.0 Å². The molecule has 20 heavy (non-hydrogen) atoms. The van der Waals surface area contributed by atoms with Gasteiger partial charge in [-0.3, -0.25) is 10.1 Å². The van der Waals surface area contributed by atoms with Crippen molar-refractivity contribution < 1.29 is 4.92 Å². The van der Waals surface area contributed by atoms with E-state index < -0.39 is 4.92 Å². The molecule has 2 N–H and O–H groups in total. The summed E-state index contributed by atoms with van der Waals surface area (Å²) in [5.41, 5.74) is 7.94. The summed E-state index contributed by atoms with van der Waals surface area (Å²) in [5, 5.41) is 11.3. The maximum Gasteiger partial charge on any atom is 0.269 e. The molecule has 0 aliphatic heterocycles. The minimum Gasteiger partial charge on any atom is -0.330 e. The summed E-state index contributed by atoms with van der Waals surface area (Å²) in [5.74, 6) is 0.102. The molecular weight excluding hydrogens is 276 g/mol. The van der Waals surface area contributed by atoms with Gasteiger partial charge in [0, 0.05) is 23.1 Å². The third-order valence-electron chi connectivity index (χ3n) is 3.26. The highest BCUT2D eigenvalue weighted by Crippen LogP contribution is 2.27. The van der Waals surface area contributed by atoms with Crippen molar-refractivity contribution in [2.75, 3.05) is 6.54 Å². The van der Waals surface area contributed by atoms with Gasteiger partial charge in [0.05, 0.1) is 4.92 Å². The fourth-order valence-corrected chi connectivity index (χ4v) is 2.45. The molecule has 0 spiro atoms. The standard InChI is InChI=1S/C15H15ClN2O2/c16-15-4-2-1-3-14(15)12(10-17)9-11-5-7-13(8-6-11)18(19)20/h1-8,12H,9-10,17H2. The maximum atomic E-state index is 10.6. The van der Waals surface area contributed by atoms with Gasteiger partial charge in [-0.2, -0.15) is 0 Å². The Bertz CT molecular complexity index is 599. The molecule has 2 rings (SSSR count). The van der Waals surface area contributed by atoms with Crippen molar-refractivity contribution in [3.8, 4) is 0 Å². The summed E-state index contributed by atoms with van der Waals surface area (Å²) in [4.78, 5) is 10.2. The number of benzene rings is 2. The molecule has 0 radical (unpaired) electrons. The Kier molecular flexibility index (Phi) is 4.71. The molecule has 4 nitrogen and oxygen atoms in total. The number of nitrogens with zero attached hydrogens (tertiary/aromatic N) is 1. The van der Waals surface area contributed by atoms with E-state index in [1.807, 2.05) is 24.3 Å². The van der Waals surface area contributed by atoms with Gasteiger partial charge in [0.15, 0.2) is 0 Å². The fraction of sp³-hybridized carbons (Fsp3) is 0.200. The lowest BCUT2D eigenvalue weighted by molar-refractivity contribution is -0.384. The van der Waals surface area contributed by atoms with Crippen molar-refractivity contribution in [3.05, 3.63) is 74.8 Å². The zero-order valence-electron chi connectivity index (χ0n) is 10.8. The molecule has 0 aliphatic carbocycles. The van der Waals surface area contributed by atoms with E-state index in [1.54, 1.807) is 12.1 Å². The monoisotopic (exact) mass is 290 g/mol. The predicted octanol–water partition coefficient (Wildman–Crippen LogP) is 3.53. The van der Waals surface area contributed by atoms with Crippen LogP contribution in [0.3, 0.4) is 0 Å². The minimum absolute atomic E-state index is 0.0933. The Morgan fingerprint density at radius 2 is 1.80 bits per heavy atom. The predicted molar refractivity (Wildman–Crippen MR) is 80.0 cm³/mol. The van der Waals surface area contributed by atoms with E-state index in [0.717, 1.165) is 11.1 Å². The zero-order valence-corrected chi connectivity index (χ0v) is 11.6. The Balaban J connectivity index is 2.18. The second-order valence-corrected chi connectivity index (χ2v) is 4.99. The Labute approximate surface area is 122 Å². The topological polar surface area (TPSA) is 69.2 Å². The molecule has 2 aromatic rings. The molecule has 104 valence electrons. The number of nitro groups is 1. The molecule has 0 saturated carbocycles. The van der Waals surface area contributed by atoms with Crippen molar-refractivity contribution in [2.45, 2.75) is 12.3 Å². The number of nitrogens with two attached hydrogens (primary N) is 1. The van der Waals surface area contributed by atoms with E-state index in [9.17, 15) is 10.1 Å². The van der Waals surface area contributed by atoms with E-state index in [-0.39, 0.29) is 11.6 Å². The number of hydrogen-bond donors (Lipinski definition) is 1. The highest BCUT2D eigenvalue weighted by Gasteiger charge is 2.14. The van der Waals surface area contributed by atoms with E-state index in [4.69, 9.17) is 17.3 Å². The Morgan fingerprint density at radius 3 is 2.35 bits per heavy atom. The lowest BCUT2D eigenvalue weighted by Gasteiger charge is -2.16. The molecule has 1 unspecified atom stereocenters. The van der Waals surface area contributed by atoms with E-state index >= 15 is 0 Å². The quantitative estimate of drug-likeness (QED) is 0.676. The van der Waals surface area contributed by atoms with E-state index in [2.05, 4.69) is 0 Å². The van der Waals surface area contributed by atoms with Crippen LogP contribution in [0.1, 0.15) is 17.0 Å². The molecule has 5 heteroatoms. The second kappa shape index (κ2) is 6.50. The summed E-state index contributed by atoms with van der Waals surface area (Å²) in [6.07, 6.45) is 0.707. The summed E-state index contributed by atoms with van der Waals surface area (Å²) in [6.45, 7) is 0.473. The normalized spacial score (nSPS) is 12.1. The molecule has 0 fully saturated rings. The van der Waals surface area contributed by atoms with Gasteiger partial charge in [-0.1, -0.05) is 41.9 Å². The SMILES string of the molecule is NCC(Cc1ccc([N+](=O)[O-])cc1)c1ccccc1Cl. The van der Waals surface area contributed by atoms with Crippen LogP contribution in [0.25, 0.3) is 0 Å². The molecule has 0 saturated heterocycles. The van der Waals surface area contributed by atoms with Crippen LogP contribution in [0.4, 0.5) is 5.69 Å². The molecule has 0 aromatic heterocycles. The third kappa shape index (κ3) is 3.35. The van der Waals surface area contributed by atoms with Crippen molar-refractivity contribution >= 4 is 17.3 Å². The molecule has 0 bridgehead atoms. The van der Waals surface area contributed by atoms with Gasteiger partial charge in [0.1, 0.15) is 0 Å². The molecule has 1 atom stereocenters. The Morgan fingerprint density at radius 1 is 1.15 bits per heavy atom. The van der Waals surface area contributed by atoms with Crippen molar-refractivity contribution in [3.63, 3.8) is 0 Å². The maximum absolute atomic E-state index is 10.6. The van der Waals surface area contributed by atoms with Gasteiger partial charge in [-0.05, 0) is 30.2 Å². The van der Waals surface area contributed by atoms with Gasteiger partial charge < -0.3 is 5.73 Å². The highest BCUT2D eigenvalue weighted by atomic mass is 35.5. The van der Waals surface area contributed by atoms with Crippen LogP contribution >= 0.6 is 11.6 Å². The highest BCUT2D eigenvalue weighted by molar-refractivity contribution is 6.31. The van der Waals surface area contributed by atoms with Crippen molar-refractivity contribution in [1.82, 2.24) is 0 Å². The smallest absolute Gasteiger partial charge is 0.269 e. The number of rotatable bonds is 5. The lowest BCUT2D eigenvalue weighted by Crippen LogP contribution is -2.15. The van der Waals surface area contributed by atoms with Crippen molar-refractivity contribution in [1.29, 1.82) is 0 Å². The van der Waals surface area contributed by atoms with Gasteiger partial charge in [0.25, 0.3) is 5.69 Å². The molecule has 0 amide bonds. The summed E-state index contributed by atoms with van der Waals surface area (Å²) >= 11 is 6.19. The van der Waals surface area contributed by atoms with Crippen LogP contribution in [0.5, 0.6) is 0 Å². The van der Waals surface area contributed by atoms with Crippen LogP contribution in [0, 0.1) is 10.1 Å². The van der Waals surface area contributed by atoms with E-state index in [1.165, 1.54) is 12.1 Å². The van der Waals surface area contributed by atoms with Crippen LogP contribution in [-0.2, 0) is 6.42 Å². The minimum atomic E-state index is -0.405. The summed E-state index contributed by atoms with van der Waals surface area (Å²) in [6, 6.07) is 14.2. The van der Waals surface area contributed by atoms with Crippen LogP contribution in [-0.4, -0.2) is 11.5 Å². The first-order valence-corrected chi connectivity index (χ1v) is 6.67. The average molecular weight is 291 g/mol. The first kappa shape index (κ1) is 14.5. The Hall–Kier alpha value is -1.91. The molecule has 0 heterocycles. The summed E-state index contributed by atoms with van der Waals surface area (Å²) < 4.78 is 0. The fourth-order valence-electron chi connectivity index (χ4n) is 2.16. The average Bonchev–Trinajstić information content (AvgIpc) is 2.46. The molecule has 2 aromatic carbocycles. The van der Waals surface area contributed by atoms with Gasteiger partial charge >= 0.3 is 0 Å². The van der Waals surface area contributed by atoms with Crippen LogP contribution < -0.4 is 5.73 Å². The number of halogens is 1. The van der Waals surface area contributed by atoms with Gasteiger partial charge in [-0.15, -0.1) is 0 Å². The third-order valence-corrected chi connectivity index (χ3v) is 3.60. The number of non-ortho nitro benzene ring substituents is 1. The number of nitro benzene ring substituents is 1. The zero-order chi connectivity index (χ0) is 14.5. The van der Waals surface area contributed by atoms with Gasteiger partial charge in [-0.25, -0.2) is 0 Å². The molecular formula is C15H15ClN2O2. The van der Waals surface area contributed by atoms with Crippen LogP contribution in [0.15, 0.2) is 48.5 Å². The largest absolute Gasteiger partial charge is 0.330 e. The van der Waals surface area contributed by atoms with Gasteiger partial charge in [0.2, 0.25) is 0 Å². The molecule has 0 aliphatic rings. The van der Waals surface area contributed by atoms with Crippen molar-refractivity contribution in [2.24, 2.45) is 5.73 Å². The lowest BCUT2D eigenvalue weighted by atomic mass is 9.92. The second-order valence-electron chi connectivity index (χ2n) is 4.58. The summed E-state index contributed by atoms with van der Waals surface area (Å²) in [7, 11) is 0. The number of hydrogen-bond acceptors (Lipinski definition) is 3. The first-order chi connectivity index (χ1) is 9.61. The van der Waals surface area contributed by atoms with Crippen LogP contribution in [0.2, 0.25) is 5.02 Å².